The van der Waals surface area contributed by atoms with Gasteiger partial charge in [0.15, 0.2) is 0 Å². The van der Waals surface area contributed by atoms with Crippen molar-refractivity contribution in [3.63, 3.8) is 0 Å². The maximum atomic E-state index is 11.7. The van der Waals surface area contributed by atoms with E-state index in [4.69, 9.17) is 20.2 Å². The van der Waals surface area contributed by atoms with E-state index in [0.29, 0.717) is 6.42 Å². The number of carbonyl (C=O) groups excluding carboxylic acids is 1. The van der Waals surface area contributed by atoms with Crippen molar-refractivity contribution in [1.82, 2.24) is 0 Å². The van der Waals surface area contributed by atoms with Crippen molar-refractivity contribution < 1.29 is 29.3 Å². The molecule has 0 amide bonds. The fraction of sp³-hybridized carbons (Fsp3) is 0.200. The Kier molecular flexibility index (Phi) is 5.84. The standard InChI is InChI=1S/C15H13NO6/c1-2-6-22-15(21)10(8-16)7-9-4-3-5-11(13(17)18)12(9)14(19)20/h3-5,7H,2,6H2,1H3,(H,17,18)(H,19,20)/b10-7+. The fourth-order valence-electron chi connectivity index (χ4n) is 1.67. The van der Waals surface area contributed by atoms with Crippen LogP contribution in [0.2, 0.25) is 0 Å². The van der Waals surface area contributed by atoms with Crippen LogP contribution in [0.4, 0.5) is 0 Å². The zero-order valence-corrected chi connectivity index (χ0v) is 11.7. The van der Waals surface area contributed by atoms with Crippen molar-refractivity contribution in [2.24, 2.45) is 0 Å². The highest BCUT2D eigenvalue weighted by Gasteiger charge is 2.20. The lowest BCUT2D eigenvalue weighted by atomic mass is 9.99. The molecule has 0 aliphatic carbocycles. The van der Waals surface area contributed by atoms with Crippen molar-refractivity contribution in [1.29, 1.82) is 5.26 Å². The van der Waals surface area contributed by atoms with Gasteiger partial charge >= 0.3 is 17.9 Å². The number of hydrogen-bond donors (Lipinski definition) is 2. The molecule has 0 spiro atoms. The quantitative estimate of drug-likeness (QED) is 0.467. The van der Waals surface area contributed by atoms with Crippen LogP contribution in [-0.4, -0.2) is 34.7 Å². The van der Waals surface area contributed by atoms with Crippen molar-refractivity contribution >= 4 is 24.0 Å². The first-order valence-corrected chi connectivity index (χ1v) is 6.30. The molecule has 2 N–H and O–H groups in total. The molecule has 0 heterocycles. The van der Waals surface area contributed by atoms with Gasteiger partial charge in [-0.3, -0.25) is 0 Å². The Bertz CT molecular complexity index is 684. The second kappa shape index (κ2) is 7.59. The van der Waals surface area contributed by atoms with Gasteiger partial charge in [0.25, 0.3) is 0 Å². The molecule has 0 aliphatic heterocycles. The van der Waals surface area contributed by atoms with Gasteiger partial charge < -0.3 is 14.9 Å². The molecule has 1 rings (SSSR count). The number of carboxylic acids is 2. The summed E-state index contributed by atoms with van der Waals surface area (Å²) in [6.45, 7) is 1.90. The predicted molar refractivity (Wildman–Crippen MR) is 75.2 cm³/mol. The largest absolute Gasteiger partial charge is 0.478 e. The van der Waals surface area contributed by atoms with E-state index in [9.17, 15) is 14.4 Å². The van der Waals surface area contributed by atoms with E-state index >= 15 is 0 Å². The summed E-state index contributed by atoms with van der Waals surface area (Å²) < 4.78 is 4.80. The normalized spacial score (nSPS) is 10.6. The molecule has 7 heteroatoms. The molecule has 22 heavy (non-hydrogen) atoms. The second-order valence-corrected chi connectivity index (χ2v) is 4.19. The maximum Gasteiger partial charge on any atom is 0.348 e. The zero-order valence-electron chi connectivity index (χ0n) is 11.7. The van der Waals surface area contributed by atoms with Crippen molar-refractivity contribution in [3.8, 4) is 6.07 Å². The molecule has 0 saturated carbocycles. The molecule has 0 fully saturated rings. The SMILES string of the molecule is CCCOC(=O)/C(C#N)=C/c1cccc(C(=O)O)c1C(=O)O. The second-order valence-electron chi connectivity index (χ2n) is 4.19. The summed E-state index contributed by atoms with van der Waals surface area (Å²) in [5, 5.41) is 27.2. The van der Waals surface area contributed by atoms with Gasteiger partial charge in [-0.25, -0.2) is 14.4 Å². The van der Waals surface area contributed by atoms with Gasteiger partial charge in [0, 0.05) is 0 Å². The predicted octanol–water partition coefficient (Wildman–Crippen LogP) is 1.94. The highest BCUT2D eigenvalue weighted by atomic mass is 16.5. The van der Waals surface area contributed by atoms with Crippen LogP contribution in [0.1, 0.15) is 39.6 Å². The molecule has 0 saturated heterocycles. The van der Waals surface area contributed by atoms with Gasteiger partial charge in [-0.1, -0.05) is 19.1 Å². The Morgan fingerprint density at radius 1 is 1.27 bits per heavy atom. The lowest BCUT2D eigenvalue weighted by molar-refractivity contribution is -0.138. The molecule has 0 unspecified atom stereocenters. The van der Waals surface area contributed by atoms with Crippen LogP contribution in [0.3, 0.4) is 0 Å². The van der Waals surface area contributed by atoms with E-state index in [0.717, 1.165) is 12.1 Å². The van der Waals surface area contributed by atoms with Crippen LogP contribution in [0.15, 0.2) is 23.8 Å². The summed E-state index contributed by atoms with van der Waals surface area (Å²) >= 11 is 0. The number of ether oxygens (including phenoxy) is 1. The Hall–Kier alpha value is -3.14. The number of nitrogens with zero attached hydrogens (tertiary/aromatic N) is 1. The van der Waals surface area contributed by atoms with E-state index in [1.54, 1.807) is 13.0 Å². The third-order valence-electron chi connectivity index (χ3n) is 2.62. The average molecular weight is 303 g/mol. The zero-order chi connectivity index (χ0) is 16.7. The third-order valence-corrected chi connectivity index (χ3v) is 2.62. The van der Waals surface area contributed by atoms with Crippen LogP contribution >= 0.6 is 0 Å². The summed E-state index contributed by atoms with van der Waals surface area (Å²) in [5.41, 5.74) is -1.39. The monoisotopic (exact) mass is 303 g/mol. The van der Waals surface area contributed by atoms with E-state index in [2.05, 4.69) is 0 Å². The van der Waals surface area contributed by atoms with Gasteiger partial charge in [0.05, 0.1) is 17.7 Å². The van der Waals surface area contributed by atoms with Crippen LogP contribution in [0.25, 0.3) is 6.08 Å². The minimum atomic E-state index is -1.47. The summed E-state index contributed by atoms with van der Waals surface area (Å²) in [6, 6.07) is 5.38. The van der Waals surface area contributed by atoms with Crippen LogP contribution in [0, 0.1) is 11.3 Å². The number of carbonyl (C=O) groups is 3. The third kappa shape index (κ3) is 3.93. The lowest BCUT2D eigenvalue weighted by Crippen LogP contribution is -2.11. The summed E-state index contributed by atoms with van der Waals surface area (Å²) in [4.78, 5) is 34.0. The number of esters is 1. The molecular formula is C15H13NO6. The van der Waals surface area contributed by atoms with E-state index in [1.807, 2.05) is 0 Å². The fourth-order valence-corrected chi connectivity index (χ4v) is 1.67. The molecule has 1 aromatic carbocycles. The van der Waals surface area contributed by atoms with Gasteiger partial charge in [-0.15, -0.1) is 0 Å². The molecule has 0 aromatic heterocycles. The smallest absolute Gasteiger partial charge is 0.348 e. The molecule has 0 atom stereocenters. The van der Waals surface area contributed by atoms with Crippen LogP contribution in [0.5, 0.6) is 0 Å². The number of carboxylic acid groups (broad SMARTS) is 2. The van der Waals surface area contributed by atoms with E-state index in [-0.39, 0.29) is 12.2 Å². The summed E-state index contributed by atoms with van der Waals surface area (Å²) in [7, 11) is 0. The van der Waals surface area contributed by atoms with E-state index in [1.165, 1.54) is 12.1 Å². The summed E-state index contributed by atoms with van der Waals surface area (Å²) in [6.07, 6.45) is 1.58. The number of aromatic carboxylic acids is 2. The van der Waals surface area contributed by atoms with E-state index < -0.39 is 34.6 Å². The first-order chi connectivity index (χ1) is 10.4. The molecule has 1 aromatic rings. The highest BCUT2D eigenvalue weighted by molar-refractivity contribution is 6.06. The minimum absolute atomic E-state index is 0.0580. The minimum Gasteiger partial charge on any atom is -0.478 e. The Labute approximate surface area is 126 Å². The average Bonchev–Trinajstić information content (AvgIpc) is 2.49. The number of rotatable bonds is 6. The van der Waals surface area contributed by atoms with Gasteiger partial charge in [-0.2, -0.15) is 5.26 Å². The van der Waals surface area contributed by atoms with Gasteiger partial charge in [0.2, 0.25) is 0 Å². The number of hydrogen-bond acceptors (Lipinski definition) is 5. The molecule has 0 aliphatic rings. The molecule has 7 nitrogen and oxygen atoms in total. The Balaban J connectivity index is 3.37. The number of benzene rings is 1. The maximum absolute atomic E-state index is 11.7. The van der Waals surface area contributed by atoms with Crippen molar-refractivity contribution in [3.05, 3.63) is 40.5 Å². The Morgan fingerprint density at radius 3 is 2.45 bits per heavy atom. The first-order valence-electron chi connectivity index (χ1n) is 6.30. The van der Waals surface area contributed by atoms with Crippen LogP contribution < -0.4 is 0 Å². The summed E-state index contributed by atoms with van der Waals surface area (Å²) in [5.74, 6) is -3.77. The van der Waals surface area contributed by atoms with Crippen LogP contribution in [-0.2, 0) is 9.53 Å². The van der Waals surface area contributed by atoms with Gasteiger partial charge in [-0.05, 0) is 24.1 Å². The first kappa shape index (κ1) is 16.9. The van der Waals surface area contributed by atoms with Gasteiger partial charge in [0.1, 0.15) is 11.6 Å². The molecule has 114 valence electrons. The lowest BCUT2D eigenvalue weighted by Gasteiger charge is -2.06. The highest BCUT2D eigenvalue weighted by Crippen LogP contribution is 2.19. The number of nitriles is 1. The molecule has 0 bridgehead atoms. The molecular weight excluding hydrogens is 290 g/mol. The van der Waals surface area contributed by atoms with Crippen molar-refractivity contribution in [2.75, 3.05) is 6.61 Å². The van der Waals surface area contributed by atoms with Crippen molar-refractivity contribution in [2.45, 2.75) is 13.3 Å². The molecule has 0 radical (unpaired) electrons. The topological polar surface area (TPSA) is 125 Å². The Morgan fingerprint density at radius 2 is 1.95 bits per heavy atom.